The van der Waals surface area contributed by atoms with E-state index in [2.05, 4.69) is 25.1 Å². The number of amides is 3. The summed E-state index contributed by atoms with van der Waals surface area (Å²) in [6, 6.07) is 15.4. The van der Waals surface area contributed by atoms with E-state index >= 15 is 0 Å². The number of nitrogens with one attached hydrogen (secondary N) is 1. The highest BCUT2D eigenvalue weighted by atomic mass is 32.1. The van der Waals surface area contributed by atoms with E-state index < -0.39 is 0 Å². The molecule has 0 radical (unpaired) electrons. The molecule has 4 aromatic rings. The van der Waals surface area contributed by atoms with E-state index in [1.807, 2.05) is 81.5 Å². The molecule has 0 spiro atoms. The topological polar surface area (TPSA) is 128 Å². The maximum Gasteiger partial charge on any atom is 0.223 e. The monoisotopic (exact) mass is 674 g/mol. The number of carbonyl (C=O) groups excluding carboxylic acids is 3. The Balaban J connectivity index is 0.000000186. The molecule has 0 aliphatic carbocycles. The minimum Gasteiger partial charge on any atom is -0.399 e. The number of nitrogens with two attached hydrogens (primary N) is 1. The van der Waals surface area contributed by atoms with Crippen molar-refractivity contribution >= 4 is 62.0 Å². The molecular formula is C34H42N8O3S2. The average molecular weight is 675 g/mol. The normalized spacial score (nSPS) is 14.7. The summed E-state index contributed by atoms with van der Waals surface area (Å²) in [5, 5.41) is 8.81. The lowest BCUT2D eigenvalue weighted by Crippen LogP contribution is -2.48. The van der Waals surface area contributed by atoms with Gasteiger partial charge in [0, 0.05) is 107 Å². The zero-order chi connectivity index (χ0) is 33.0. The molecule has 248 valence electrons. The quantitative estimate of drug-likeness (QED) is 0.251. The Morgan fingerprint density at radius 2 is 1.21 bits per heavy atom. The van der Waals surface area contributed by atoms with Crippen molar-refractivity contribution in [1.29, 1.82) is 0 Å². The molecule has 3 amide bonds. The average Bonchev–Trinajstić information content (AvgIpc) is 3.83. The molecule has 13 heteroatoms. The third kappa shape index (κ3) is 10.2. The zero-order valence-corrected chi connectivity index (χ0v) is 28.3. The number of aromatic nitrogens is 2. The zero-order valence-electron chi connectivity index (χ0n) is 26.7. The van der Waals surface area contributed by atoms with Crippen LogP contribution in [0.1, 0.15) is 30.9 Å². The molecule has 2 aliphatic rings. The number of rotatable bonds is 9. The van der Waals surface area contributed by atoms with Gasteiger partial charge in [-0.25, -0.2) is 9.97 Å². The van der Waals surface area contributed by atoms with Crippen LogP contribution in [0.2, 0.25) is 0 Å². The van der Waals surface area contributed by atoms with Crippen LogP contribution in [-0.2, 0) is 27.2 Å². The highest BCUT2D eigenvalue weighted by Crippen LogP contribution is 2.21. The van der Waals surface area contributed by atoms with Gasteiger partial charge in [0.25, 0.3) is 0 Å². The van der Waals surface area contributed by atoms with Crippen LogP contribution >= 0.6 is 22.7 Å². The summed E-state index contributed by atoms with van der Waals surface area (Å²) in [5.41, 5.74) is 9.46. The Morgan fingerprint density at radius 1 is 0.723 bits per heavy atom. The number of benzene rings is 2. The van der Waals surface area contributed by atoms with Crippen LogP contribution < -0.4 is 20.9 Å². The lowest BCUT2D eigenvalue weighted by atomic mass is 10.1. The molecule has 4 heterocycles. The van der Waals surface area contributed by atoms with Gasteiger partial charge in [0.1, 0.15) is 0 Å². The van der Waals surface area contributed by atoms with Gasteiger partial charge in [-0.05, 0) is 48.2 Å². The van der Waals surface area contributed by atoms with Gasteiger partial charge in [-0.2, -0.15) is 0 Å². The predicted octanol–water partition coefficient (Wildman–Crippen LogP) is 4.39. The number of anilines is 4. The van der Waals surface area contributed by atoms with Gasteiger partial charge < -0.3 is 30.7 Å². The summed E-state index contributed by atoms with van der Waals surface area (Å²) in [6.07, 6.45) is 6.09. The largest absolute Gasteiger partial charge is 0.399 e. The second-order valence-corrected chi connectivity index (χ2v) is 13.2. The van der Waals surface area contributed by atoms with E-state index in [9.17, 15) is 14.4 Å². The van der Waals surface area contributed by atoms with Crippen LogP contribution in [0.3, 0.4) is 0 Å². The van der Waals surface area contributed by atoms with Crippen molar-refractivity contribution in [2.45, 2.75) is 32.6 Å². The molecule has 0 saturated carbocycles. The van der Waals surface area contributed by atoms with Crippen LogP contribution in [0.4, 0.5) is 21.6 Å². The molecule has 6 rings (SSSR count). The molecule has 2 fully saturated rings. The van der Waals surface area contributed by atoms with Crippen molar-refractivity contribution in [3.63, 3.8) is 0 Å². The van der Waals surface area contributed by atoms with Crippen LogP contribution in [0.5, 0.6) is 0 Å². The van der Waals surface area contributed by atoms with Crippen LogP contribution in [-0.4, -0.2) is 89.8 Å². The van der Waals surface area contributed by atoms with Gasteiger partial charge >= 0.3 is 0 Å². The summed E-state index contributed by atoms with van der Waals surface area (Å²) in [7, 11) is 0. The first-order valence-corrected chi connectivity index (χ1v) is 17.7. The molecule has 2 saturated heterocycles. The minimum absolute atomic E-state index is 0.0914. The number of hydrogen-bond acceptors (Lipinski definition) is 10. The number of nitrogens with zero attached hydrogens (tertiary/aromatic N) is 6. The SMILES string of the molecule is CC(=O)Nc1cccc(CCC(=O)N2CCN(c3nccs3)CC2)c1.Nc1cccc(CCC(=O)N2CCN(c3nccs3)CC2)c1. The van der Waals surface area contributed by atoms with E-state index in [-0.39, 0.29) is 17.7 Å². The van der Waals surface area contributed by atoms with Gasteiger partial charge in [-0.15, -0.1) is 22.7 Å². The van der Waals surface area contributed by atoms with Crippen LogP contribution in [0.15, 0.2) is 71.7 Å². The van der Waals surface area contributed by atoms with Gasteiger partial charge in [-0.1, -0.05) is 24.3 Å². The number of thiazole rings is 2. The third-order valence-electron chi connectivity index (χ3n) is 8.10. The standard InChI is InChI=1S/C18H22N4O2S.C16H20N4OS/c1-14(23)20-16-4-2-3-15(13-16)5-6-17(24)21-8-10-22(11-9-21)18-19-7-12-25-18;17-14-3-1-2-13(12-14)4-5-15(21)19-7-9-20(10-8-19)16-18-6-11-22-16/h2-4,7,12-13H,5-6,8-11H2,1H3,(H,20,23);1-3,6,11-12H,4-5,7-10,17H2. The molecule has 47 heavy (non-hydrogen) atoms. The first-order chi connectivity index (χ1) is 22.8. The predicted molar refractivity (Wildman–Crippen MR) is 190 cm³/mol. The first-order valence-electron chi connectivity index (χ1n) is 15.9. The molecule has 0 atom stereocenters. The fourth-order valence-corrected chi connectivity index (χ4v) is 7.01. The van der Waals surface area contributed by atoms with E-state index in [1.54, 1.807) is 22.7 Å². The molecule has 2 aromatic carbocycles. The van der Waals surface area contributed by atoms with E-state index in [4.69, 9.17) is 5.73 Å². The maximum atomic E-state index is 12.5. The molecule has 2 aliphatic heterocycles. The highest BCUT2D eigenvalue weighted by molar-refractivity contribution is 7.13. The Kier molecular flexibility index (Phi) is 12.2. The molecule has 11 nitrogen and oxygen atoms in total. The molecule has 0 unspecified atom stereocenters. The van der Waals surface area contributed by atoms with Crippen molar-refractivity contribution in [1.82, 2.24) is 19.8 Å². The number of piperazine rings is 2. The first kappa shape index (κ1) is 33.9. The maximum absolute atomic E-state index is 12.5. The molecule has 0 bridgehead atoms. The third-order valence-corrected chi connectivity index (χ3v) is 9.76. The second kappa shape index (κ2) is 16.9. The van der Waals surface area contributed by atoms with Crippen molar-refractivity contribution in [3.8, 4) is 0 Å². The number of aryl methyl sites for hydroxylation is 2. The summed E-state index contributed by atoms with van der Waals surface area (Å²) >= 11 is 3.28. The Hall–Kier alpha value is -4.49. The fourth-order valence-electron chi connectivity index (χ4n) is 5.61. The smallest absolute Gasteiger partial charge is 0.223 e. The molecule has 2 aromatic heterocycles. The lowest BCUT2D eigenvalue weighted by molar-refractivity contribution is -0.132. The van der Waals surface area contributed by atoms with Gasteiger partial charge in [-0.3, -0.25) is 14.4 Å². The Bertz CT molecular complexity index is 1580. The Labute approximate surface area is 284 Å². The van der Waals surface area contributed by atoms with Gasteiger partial charge in [0.05, 0.1) is 0 Å². The summed E-state index contributed by atoms with van der Waals surface area (Å²) < 4.78 is 0. The van der Waals surface area contributed by atoms with Crippen molar-refractivity contribution < 1.29 is 14.4 Å². The van der Waals surface area contributed by atoms with Gasteiger partial charge in [0.15, 0.2) is 10.3 Å². The van der Waals surface area contributed by atoms with Crippen LogP contribution in [0.25, 0.3) is 0 Å². The van der Waals surface area contributed by atoms with Crippen molar-refractivity contribution in [2.24, 2.45) is 0 Å². The Morgan fingerprint density at radius 3 is 1.66 bits per heavy atom. The summed E-state index contributed by atoms with van der Waals surface area (Å²) in [6.45, 7) is 7.89. The van der Waals surface area contributed by atoms with Crippen molar-refractivity contribution in [2.75, 3.05) is 73.2 Å². The van der Waals surface area contributed by atoms with E-state index in [0.29, 0.717) is 19.3 Å². The summed E-state index contributed by atoms with van der Waals surface area (Å²) in [5.74, 6) is 0.316. The van der Waals surface area contributed by atoms with E-state index in [1.165, 1.54) is 6.92 Å². The van der Waals surface area contributed by atoms with Gasteiger partial charge in [0.2, 0.25) is 17.7 Å². The van der Waals surface area contributed by atoms with Crippen LogP contribution in [0, 0.1) is 0 Å². The lowest BCUT2D eigenvalue weighted by Gasteiger charge is -2.34. The number of nitrogen functional groups attached to an aromatic ring is 1. The highest BCUT2D eigenvalue weighted by Gasteiger charge is 2.23. The number of hydrogen-bond donors (Lipinski definition) is 2. The van der Waals surface area contributed by atoms with E-state index in [0.717, 1.165) is 91.5 Å². The second-order valence-electron chi connectivity index (χ2n) is 11.5. The summed E-state index contributed by atoms with van der Waals surface area (Å²) in [4.78, 5) is 52.9. The van der Waals surface area contributed by atoms with Crippen molar-refractivity contribution in [3.05, 3.63) is 82.8 Å². The minimum atomic E-state index is -0.0914. The molecular weight excluding hydrogens is 633 g/mol. The molecule has 3 N–H and O–H groups in total. The fraction of sp³-hybridized carbons (Fsp3) is 0.382. The number of carbonyl (C=O) groups is 3.